The second-order valence-electron chi connectivity index (χ2n) is 9.74. The zero-order valence-electron chi connectivity index (χ0n) is 21.8. The number of hydrogen-bond donors (Lipinski definition) is 0. The van der Waals surface area contributed by atoms with Crippen LogP contribution in [0.1, 0.15) is 52.6 Å². The minimum Gasteiger partial charge on any atom is -0.465 e. The van der Waals surface area contributed by atoms with Crippen LogP contribution in [-0.2, 0) is 16.1 Å². The highest BCUT2D eigenvalue weighted by atomic mass is 32.1. The molecule has 41 heavy (non-hydrogen) atoms. The second kappa shape index (κ2) is 11.2. The first kappa shape index (κ1) is 27.3. The highest BCUT2D eigenvalue weighted by molar-refractivity contribution is 7.17. The van der Waals surface area contributed by atoms with E-state index in [4.69, 9.17) is 18.5 Å². The van der Waals surface area contributed by atoms with Gasteiger partial charge in [0.05, 0.1) is 24.7 Å². The molecule has 0 radical (unpaired) electrons. The normalized spacial score (nSPS) is 16.2. The number of ether oxygens (including phenoxy) is 3. The monoisotopic (exact) mass is 590 g/mol. The third kappa shape index (κ3) is 6.07. The lowest BCUT2D eigenvalue weighted by atomic mass is 10.0. The molecule has 1 aliphatic heterocycles. The summed E-state index contributed by atoms with van der Waals surface area (Å²) >= 11 is 1.21. The number of halogens is 3. The van der Waals surface area contributed by atoms with Crippen LogP contribution in [-0.4, -0.2) is 53.9 Å². The van der Waals surface area contributed by atoms with Gasteiger partial charge in [0.25, 0.3) is 11.8 Å². The number of para-hydroxylation sites is 1. The van der Waals surface area contributed by atoms with E-state index in [1.807, 2.05) is 4.90 Å². The first-order valence-corrected chi connectivity index (χ1v) is 13.8. The summed E-state index contributed by atoms with van der Waals surface area (Å²) in [4.78, 5) is 19.3. The Bertz CT molecular complexity index is 1520. The maximum atomic E-state index is 13.0. The van der Waals surface area contributed by atoms with Crippen LogP contribution in [0, 0.1) is 0 Å². The molecule has 0 spiro atoms. The number of anilines is 1. The molecule has 2 aliphatic rings. The molecular formula is C27H25F3N4O6S. The smallest absolute Gasteiger partial charge is 0.465 e. The molecule has 0 atom stereocenters. The van der Waals surface area contributed by atoms with Gasteiger partial charge in [-0.3, -0.25) is 0 Å². The minimum absolute atomic E-state index is 0.0889. The first-order valence-electron chi connectivity index (χ1n) is 13.0. The molecule has 216 valence electrons. The van der Waals surface area contributed by atoms with Crippen molar-refractivity contribution < 1.29 is 41.2 Å². The van der Waals surface area contributed by atoms with Gasteiger partial charge in [-0.2, -0.15) is 4.98 Å². The van der Waals surface area contributed by atoms with Crippen molar-refractivity contribution in [3.8, 4) is 27.8 Å². The molecule has 2 fully saturated rings. The Labute approximate surface area is 236 Å². The number of carbonyl (C=O) groups excluding carboxylic acids is 1. The summed E-state index contributed by atoms with van der Waals surface area (Å²) in [5.41, 5.74) is 1.15. The summed E-state index contributed by atoms with van der Waals surface area (Å²) in [6, 6.07) is 9.28. The van der Waals surface area contributed by atoms with Crippen LogP contribution in [0.2, 0.25) is 0 Å². The van der Waals surface area contributed by atoms with Crippen LogP contribution in [0.4, 0.5) is 19.1 Å². The summed E-state index contributed by atoms with van der Waals surface area (Å²) in [5.74, 6) is 0.846. The van der Waals surface area contributed by atoms with E-state index >= 15 is 0 Å². The molecule has 10 nitrogen and oxygen atoms in total. The number of alkyl halides is 3. The van der Waals surface area contributed by atoms with Crippen molar-refractivity contribution in [1.82, 2.24) is 15.3 Å². The van der Waals surface area contributed by atoms with E-state index in [2.05, 4.69) is 20.0 Å². The standard InChI is InChI=1S/C27H25F3N4O6S/c1-36-25(35)21-9-8-20(41-21)24-31-26(33-40-24)34-12-10-16(11-13-34)37-14-18-22(32-39-23(18)15-6-7-15)17-4-2-3-5-19(17)38-27(28,29)30/h2-5,8-9,15-16H,6-7,10-14H2,1H3. The van der Waals surface area contributed by atoms with Gasteiger partial charge >= 0.3 is 12.3 Å². The van der Waals surface area contributed by atoms with Crippen molar-refractivity contribution in [2.24, 2.45) is 0 Å². The van der Waals surface area contributed by atoms with Gasteiger partial charge in [-0.15, -0.1) is 24.5 Å². The SMILES string of the molecule is COC(=O)c1ccc(-c2nc(N3CCC(OCc4c(-c5ccccc5OC(F)(F)F)noc4C4CC4)CC3)no2)s1. The van der Waals surface area contributed by atoms with Crippen molar-refractivity contribution >= 4 is 23.3 Å². The Morgan fingerprint density at radius 2 is 1.85 bits per heavy atom. The highest BCUT2D eigenvalue weighted by Crippen LogP contribution is 2.46. The number of esters is 1. The van der Waals surface area contributed by atoms with E-state index in [1.165, 1.54) is 36.6 Å². The molecule has 0 N–H and O–H groups in total. The summed E-state index contributed by atoms with van der Waals surface area (Å²) in [5, 5.41) is 8.23. The quantitative estimate of drug-likeness (QED) is 0.209. The molecule has 1 aromatic carbocycles. The lowest BCUT2D eigenvalue weighted by molar-refractivity contribution is -0.274. The van der Waals surface area contributed by atoms with Crippen molar-refractivity contribution in [2.45, 2.75) is 50.7 Å². The number of nitrogens with zero attached hydrogens (tertiary/aromatic N) is 4. The Morgan fingerprint density at radius 1 is 1.07 bits per heavy atom. The average molecular weight is 591 g/mol. The van der Waals surface area contributed by atoms with Gasteiger partial charge in [-0.05, 0) is 55.1 Å². The third-order valence-corrected chi connectivity index (χ3v) is 7.99. The van der Waals surface area contributed by atoms with Gasteiger partial charge in [0.1, 0.15) is 22.1 Å². The van der Waals surface area contributed by atoms with E-state index in [1.54, 1.807) is 18.2 Å². The van der Waals surface area contributed by atoms with Gasteiger partial charge in [0.2, 0.25) is 0 Å². The van der Waals surface area contributed by atoms with E-state index in [0.29, 0.717) is 64.5 Å². The molecule has 6 rings (SSSR count). The van der Waals surface area contributed by atoms with Gasteiger partial charge in [-0.25, -0.2) is 4.79 Å². The summed E-state index contributed by atoms with van der Waals surface area (Å²) in [6.45, 7) is 1.40. The molecule has 0 amide bonds. The fourth-order valence-electron chi connectivity index (χ4n) is 4.75. The summed E-state index contributed by atoms with van der Waals surface area (Å²) < 4.78 is 65.4. The van der Waals surface area contributed by atoms with Crippen LogP contribution in [0.25, 0.3) is 22.0 Å². The van der Waals surface area contributed by atoms with Crippen molar-refractivity contribution in [3.05, 3.63) is 52.6 Å². The van der Waals surface area contributed by atoms with Gasteiger partial charge in [0.15, 0.2) is 0 Å². The number of hydrogen-bond acceptors (Lipinski definition) is 11. The van der Waals surface area contributed by atoms with Crippen molar-refractivity contribution in [2.75, 3.05) is 25.1 Å². The summed E-state index contributed by atoms with van der Waals surface area (Å²) in [7, 11) is 1.32. The molecule has 14 heteroatoms. The fraction of sp³-hybridized carbons (Fsp3) is 0.407. The van der Waals surface area contributed by atoms with Crippen LogP contribution in [0.15, 0.2) is 45.4 Å². The number of piperidine rings is 1. The van der Waals surface area contributed by atoms with Crippen molar-refractivity contribution in [3.63, 3.8) is 0 Å². The number of carbonyl (C=O) groups is 1. The first-order chi connectivity index (χ1) is 19.8. The average Bonchev–Trinajstić information content (AvgIpc) is 3.33. The molecule has 4 heterocycles. The van der Waals surface area contributed by atoms with E-state index in [0.717, 1.165) is 12.8 Å². The highest BCUT2D eigenvalue weighted by Gasteiger charge is 2.36. The molecule has 1 aliphatic carbocycles. The Balaban J connectivity index is 1.10. The second-order valence-corrected chi connectivity index (χ2v) is 10.8. The van der Waals surface area contributed by atoms with Crippen LogP contribution in [0.5, 0.6) is 5.75 Å². The largest absolute Gasteiger partial charge is 0.573 e. The predicted molar refractivity (Wildman–Crippen MR) is 140 cm³/mol. The molecule has 0 unspecified atom stereocenters. The molecule has 1 saturated heterocycles. The van der Waals surface area contributed by atoms with Crippen molar-refractivity contribution in [1.29, 1.82) is 0 Å². The van der Waals surface area contributed by atoms with Crippen LogP contribution >= 0.6 is 11.3 Å². The topological polar surface area (TPSA) is 113 Å². The van der Waals surface area contributed by atoms with E-state index < -0.39 is 12.3 Å². The molecule has 3 aromatic heterocycles. The number of aromatic nitrogens is 3. The Kier molecular flexibility index (Phi) is 7.43. The number of rotatable bonds is 9. The molecule has 0 bridgehead atoms. The summed E-state index contributed by atoms with van der Waals surface area (Å²) in [6.07, 6.45) is -1.69. The van der Waals surface area contributed by atoms with E-state index in [9.17, 15) is 18.0 Å². The Morgan fingerprint density at radius 3 is 2.59 bits per heavy atom. The Hall–Kier alpha value is -3.91. The van der Waals surface area contributed by atoms with Gasteiger partial charge in [0, 0.05) is 30.1 Å². The fourth-order valence-corrected chi connectivity index (χ4v) is 5.59. The minimum atomic E-state index is -4.83. The zero-order valence-corrected chi connectivity index (χ0v) is 22.7. The molecule has 1 saturated carbocycles. The molecular weight excluding hydrogens is 565 g/mol. The molecule has 4 aromatic rings. The predicted octanol–water partition coefficient (Wildman–Crippen LogP) is 6.20. The third-order valence-electron chi connectivity index (χ3n) is 6.94. The zero-order chi connectivity index (χ0) is 28.6. The van der Waals surface area contributed by atoms with Crippen LogP contribution in [0.3, 0.4) is 0 Å². The lowest BCUT2D eigenvalue weighted by Crippen LogP contribution is -2.37. The van der Waals surface area contributed by atoms with Crippen LogP contribution < -0.4 is 9.64 Å². The number of methoxy groups -OCH3 is 1. The maximum absolute atomic E-state index is 13.0. The van der Waals surface area contributed by atoms with Gasteiger partial charge < -0.3 is 28.2 Å². The lowest BCUT2D eigenvalue weighted by Gasteiger charge is -2.30. The van der Waals surface area contributed by atoms with Gasteiger partial charge in [-0.1, -0.05) is 17.3 Å². The van der Waals surface area contributed by atoms with E-state index in [-0.39, 0.29) is 29.9 Å². The maximum Gasteiger partial charge on any atom is 0.573 e. The number of benzene rings is 1. The number of thiophene rings is 1.